The lowest BCUT2D eigenvalue weighted by atomic mass is 10.1. The number of benzene rings is 2. The molecule has 1 heterocycles. The van der Waals surface area contributed by atoms with Gasteiger partial charge in [0.05, 0.1) is 22.7 Å². The second-order valence-corrected chi connectivity index (χ2v) is 4.86. The minimum atomic E-state index is 0.647. The maximum absolute atomic E-state index is 8.99. The van der Waals surface area contributed by atoms with Gasteiger partial charge in [-0.05, 0) is 32.0 Å². The van der Waals surface area contributed by atoms with Crippen LogP contribution in [-0.4, -0.2) is 9.55 Å². The molecule has 3 nitrogen and oxygen atoms in total. The van der Waals surface area contributed by atoms with Crippen molar-refractivity contribution in [1.82, 2.24) is 9.55 Å². The van der Waals surface area contributed by atoms with Crippen molar-refractivity contribution in [2.75, 3.05) is 0 Å². The van der Waals surface area contributed by atoms with Crippen LogP contribution in [0.3, 0.4) is 0 Å². The van der Waals surface area contributed by atoms with Gasteiger partial charge < -0.3 is 4.57 Å². The predicted molar refractivity (Wildman–Crippen MR) is 80.3 cm³/mol. The molecule has 0 saturated carbocycles. The van der Waals surface area contributed by atoms with Gasteiger partial charge in [0, 0.05) is 12.1 Å². The summed E-state index contributed by atoms with van der Waals surface area (Å²) in [6.45, 7) is 5.04. The molecule has 0 saturated heterocycles. The van der Waals surface area contributed by atoms with E-state index in [2.05, 4.69) is 48.7 Å². The van der Waals surface area contributed by atoms with Gasteiger partial charge in [-0.15, -0.1) is 0 Å². The first-order valence-corrected chi connectivity index (χ1v) is 6.70. The number of nitriles is 1. The highest BCUT2D eigenvalue weighted by atomic mass is 15.1. The van der Waals surface area contributed by atoms with Gasteiger partial charge in [0.15, 0.2) is 0 Å². The SMILES string of the molecule is CCn1c(-c2ccc(C)cc2)nc2cc(C#N)ccc21. The summed E-state index contributed by atoms with van der Waals surface area (Å²) in [5, 5.41) is 8.99. The molecule has 3 aromatic rings. The van der Waals surface area contributed by atoms with Gasteiger partial charge in [-0.2, -0.15) is 5.26 Å². The number of imidazole rings is 1. The zero-order valence-electron chi connectivity index (χ0n) is 11.6. The molecular weight excluding hydrogens is 246 g/mol. The quantitative estimate of drug-likeness (QED) is 0.702. The van der Waals surface area contributed by atoms with Crippen LogP contribution in [-0.2, 0) is 6.54 Å². The highest BCUT2D eigenvalue weighted by Crippen LogP contribution is 2.25. The summed E-state index contributed by atoms with van der Waals surface area (Å²) < 4.78 is 2.18. The van der Waals surface area contributed by atoms with Crippen molar-refractivity contribution in [3.05, 3.63) is 53.6 Å². The number of hydrogen-bond acceptors (Lipinski definition) is 2. The Balaban J connectivity index is 2.25. The zero-order valence-corrected chi connectivity index (χ0v) is 11.6. The molecule has 0 N–H and O–H groups in total. The maximum atomic E-state index is 8.99. The molecule has 0 spiro atoms. The summed E-state index contributed by atoms with van der Waals surface area (Å²) in [6.07, 6.45) is 0. The van der Waals surface area contributed by atoms with Crippen molar-refractivity contribution >= 4 is 11.0 Å². The molecule has 0 bridgehead atoms. The summed E-state index contributed by atoms with van der Waals surface area (Å²) >= 11 is 0. The van der Waals surface area contributed by atoms with Gasteiger partial charge in [0.2, 0.25) is 0 Å². The van der Waals surface area contributed by atoms with Gasteiger partial charge in [0.1, 0.15) is 5.82 Å². The van der Waals surface area contributed by atoms with Crippen molar-refractivity contribution in [2.45, 2.75) is 20.4 Å². The molecule has 0 radical (unpaired) electrons. The maximum Gasteiger partial charge on any atom is 0.141 e. The molecule has 0 aliphatic rings. The van der Waals surface area contributed by atoms with E-state index in [1.165, 1.54) is 5.56 Å². The first-order valence-electron chi connectivity index (χ1n) is 6.70. The molecule has 0 atom stereocenters. The molecule has 0 aliphatic carbocycles. The van der Waals surface area contributed by atoms with Crippen molar-refractivity contribution in [3.8, 4) is 17.5 Å². The average molecular weight is 261 g/mol. The number of aromatic nitrogens is 2. The van der Waals surface area contributed by atoms with Crippen molar-refractivity contribution in [1.29, 1.82) is 5.26 Å². The van der Waals surface area contributed by atoms with Gasteiger partial charge in [0.25, 0.3) is 0 Å². The number of hydrogen-bond donors (Lipinski definition) is 0. The first kappa shape index (κ1) is 12.4. The molecule has 0 amide bonds. The Morgan fingerprint density at radius 2 is 1.90 bits per heavy atom. The Kier molecular flexibility index (Phi) is 3.00. The van der Waals surface area contributed by atoms with Crippen LogP contribution in [0.25, 0.3) is 22.4 Å². The normalized spacial score (nSPS) is 10.7. The van der Waals surface area contributed by atoms with Crippen LogP contribution in [0.5, 0.6) is 0 Å². The van der Waals surface area contributed by atoms with Crippen molar-refractivity contribution in [3.63, 3.8) is 0 Å². The van der Waals surface area contributed by atoms with Crippen LogP contribution in [0.15, 0.2) is 42.5 Å². The molecule has 3 heteroatoms. The molecule has 20 heavy (non-hydrogen) atoms. The number of rotatable bonds is 2. The van der Waals surface area contributed by atoms with Crippen LogP contribution in [0.2, 0.25) is 0 Å². The molecular formula is C17H15N3. The van der Waals surface area contributed by atoms with Crippen LogP contribution < -0.4 is 0 Å². The zero-order chi connectivity index (χ0) is 14.1. The van der Waals surface area contributed by atoms with Crippen LogP contribution in [0.1, 0.15) is 18.1 Å². The smallest absolute Gasteiger partial charge is 0.141 e. The van der Waals surface area contributed by atoms with Crippen molar-refractivity contribution < 1.29 is 0 Å². The van der Waals surface area contributed by atoms with E-state index in [-0.39, 0.29) is 0 Å². The standard InChI is InChI=1S/C17H15N3/c1-3-20-16-9-6-13(11-18)10-15(16)19-17(20)14-7-4-12(2)5-8-14/h4-10H,3H2,1-2H3. The summed E-state index contributed by atoms with van der Waals surface area (Å²) in [5.74, 6) is 0.956. The van der Waals surface area contributed by atoms with E-state index in [1.54, 1.807) is 0 Å². The molecule has 2 aromatic carbocycles. The summed E-state index contributed by atoms with van der Waals surface area (Å²) in [4.78, 5) is 4.70. The van der Waals surface area contributed by atoms with E-state index in [4.69, 9.17) is 10.2 Å². The van der Waals surface area contributed by atoms with E-state index in [1.807, 2.05) is 18.2 Å². The third-order valence-electron chi connectivity index (χ3n) is 3.50. The number of nitrogens with zero attached hydrogens (tertiary/aromatic N) is 3. The third kappa shape index (κ3) is 1.96. The summed E-state index contributed by atoms with van der Waals surface area (Å²) in [7, 11) is 0. The van der Waals surface area contributed by atoms with Crippen LogP contribution in [0, 0.1) is 18.3 Å². The largest absolute Gasteiger partial charge is 0.324 e. The lowest BCUT2D eigenvalue weighted by molar-refractivity contribution is 0.796. The Bertz CT molecular complexity index is 805. The van der Waals surface area contributed by atoms with Gasteiger partial charge in [-0.1, -0.05) is 29.8 Å². The molecule has 0 unspecified atom stereocenters. The van der Waals surface area contributed by atoms with E-state index in [9.17, 15) is 0 Å². The number of fused-ring (bicyclic) bond motifs is 1. The second-order valence-electron chi connectivity index (χ2n) is 4.86. The van der Waals surface area contributed by atoms with E-state index < -0.39 is 0 Å². The van der Waals surface area contributed by atoms with Gasteiger partial charge in [-0.3, -0.25) is 0 Å². The average Bonchev–Trinajstić information content (AvgIpc) is 2.85. The minimum absolute atomic E-state index is 0.647. The Hall–Kier alpha value is -2.60. The molecule has 1 aromatic heterocycles. The second kappa shape index (κ2) is 4.82. The molecule has 3 rings (SSSR count). The first-order chi connectivity index (χ1) is 9.72. The molecule has 0 fully saturated rings. The Labute approximate surface area is 118 Å². The Morgan fingerprint density at radius 1 is 1.15 bits per heavy atom. The fourth-order valence-electron chi connectivity index (χ4n) is 2.44. The third-order valence-corrected chi connectivity index (χ3v) is 3.50. The fraction of sp³-hybridized carbons (Fsp3) is 0.176. The van der Waals surface area contributed by atoms with E-state index in [0.717, 1.165) is 29.0 Å². The summed E-state index contributed by atoms with van der Waals surface area (Å²) in [5.41, 5.74) is 4.93. The van der Waals surface area contributed by atoms with Gasteiger partial charge >= 0.3 is 0 Å². The van der Waals surface area contributed by atoms with Crippen LogP contribution >= 0.6 is 0 Å². The predicted octanol–water partition coefficient (Wildman–Crippen LogP) is 3.90. The fourth-order valence-corrected chi connectivity index (χ4v) is 2.44. The summed E-state index contributed by atoms with van der Waals surface area (Å²) in [6, 6.07) is 16.2. The molecule has 0 aliphatic heterocycles. The van der Waals surface area contributed by atoms with Gasteiger partial charge in [-0.25, -0.2) is 4.98 Å². The van der Waals surface area contributed by atoms with Crippen molar-refractivity contribution in [2.24, 2.45) is 0 Å². The topological polar surface area (TPSA) is 41.6 Å². The lowest BCUT2D eigenvalue weighted by Gasteiger charge is -2.06. The monoisotopic (exact) mass is 261 g/mol. The molecule has 98 valence electrons. The van der Waals surface area contributed by atoms with E-state index >= 15 is 0 Å². The Morgan fingerprint density at radius 3 is 2.55 bits per heavy atom. The highest BCUT2D eigenvalue weighted by Gasteiger charge is 2.11. The van der Waals surface area contributed by atoms with Crippen LogP contribution in [0.4, 0.5) is 0 Å². The lowest BCUT2D eigenvalue weighted by Crippen LogP contribution is -1.97. The highest BCUT2D eigenvalue weighted by molar-refractivity contribution is 5.82. The number of aryl methyl sites for hydroxylation is 2. The minimum Gasteiger partial charge on any atom is -0.324 e. The van der Waals surface area contributed by atoms with E-state index in [0.29, 0.717) is 5.56 Å².